The molecule has 1 aromatic heterocycles. The minimum Gasteiger partial charge on any atom is -0.347 e. The molecule has 1 heterocycles. The summed E-state index contributed by atoms with van der Waals surface area (Å²) in [5.41, 5.74) is 4.55. The van der Waals surface area contributed by atoms with Gasteiger partial charge in [0.1, 0.15) is 0 Å². The molecular formula is C20H20N2O2. The van der Waals surface area contributed by atoms with Crippen LogP contribution >= 0.6 is 0 Å². The van der Waals surface area contributed by atoms with Gasteiger partial charge in [0, 0.05) is 34.5 Å². The Hall–Kier alpha value is -2.62. The van der Waals surface area contributed by atoms with Gasteiger partial charge in [-0.15, -0.1) is 0 Å². The second-order valence-corrected chi connectivity index (χ2v) is 6.78. The molecule has 0 aliphatic heterocycles. The Morgan fingerprint density at radius 2 is 1.75 bits per heavy atom. The zero-order chi connectivity index (χ0) is 16.8. The van der Waals surface area contributed by atoms with E-state index in [9.17, 15) is 10.1 Å². The van der Waals surface area contributed by atoms with Gasteiger partial charge in [-0.05, 0) is 23.6 Å². The monoisotopic (exact) mass is 320 g/mol. The van der Waals surface area contributed by atoms with Crippen molar-refractivity contribution in [2.24, 2.45) is 13.0 Å². The average Bonchev–Trinajstić information content (AvgIpc) is 2.87. The standard InChI is InChI=1S/C20H20N2O2/c1-13-12-17-19(15-10-6-7-11-16(15)21(17)2)18(20(13)22(23)24)14-8-4-3-5-9-14/h3-11,13,18,20H,12H2,1-2H3/t13-,18+,20-/m0/s1. The minimum absolute atomic E-state index is 0.000665. The molecule has 4 heteroatoms. The predicted octanol–water partition coefficient (Wildman–Crippen LogP) is 4.15. The van der Waals surface area contributed by atoms with E-state index in [1.807, 2.05) is 49.4 Å². The van der Waals surface area contributed by atoms with Gasteiger partial charge < -0.3 is 4.57 Å². The molecule has 0 spiro atoms. The molecule has 0 bridgehead atoms. The van der Waals surface area contributed by atoms with Gasteiger partial charge >= 0.3 is 0 Å². The first kappa shape index (κ1) is 14.9. The number of nitro groups is 1. The molecule has 122 valence electrons. The third-order valence-electron chi connectivity index (χ3n) is 5.42. The number of rotatable bonds is 2. The molecule has 2 aromatic carbocycles. The van der Waals surface area contributed by atoms with Crippen LogP contribution < -0.4 is 0 Å². The third kappa shape index (κ3) is 2.06. The van der Waals surface area contributed by atoms with Crippen LogP contribution in [0.4, 0.5) is 0 Å². The van der Waals surface area contributed by atoms with Gasteiger partial charge in [0.15, 0.2) is 0 Å². The molecule has 3 atom stereocenters. The number of aromatic nitrogens is 1. The highest BCUT2D eigenvalue weighted by atomic mass is 16.6. The number of nitrogens with zero attached hydrogens (tertiary/aromatic N) is 2. The summed E-state index contributed by atoms with van der Waals surface area (Å²) in [4.78, 5) is 11.8. The molecule has 0 saturated carbocycles. The van der Waals surface area contributed by atoms with Crippen molar-refractivity contribution in [1.82, 2.24) is 4.57 Å². The van der Waals surface area contributed by atoms with Crippen LogP contribution in [0.3, 0.4) is 0 Å². The lowest BCUT2D eigenvalue weighted by Gasteiger charge is -2.32. The van der Waals surface area contributed by atoms with Gasteiger partial charge in [-0.2, -0.15) is 0 Å². The molecule has 4 nitrogen and oxygen atoms in total. The maximum atomic E-state index is 11.9. The highest BCUT2D eigenvalue weighted by Crippen LogP contribution is 2.45. The van der Waals surface area contributed by atoms with Crippen molar-refractivity contribution in [1.29, 1.82) is 0 Å². The van der Waals surface area contributed by atoms with Crippen molar-refractivity contribution < 1.29 is 4.92 Å². The predicted molar refractivity (Wildman–Crippen MR) is 94.9 cm³/mol. The summed E-state index contributed by atoms with van der Waals surface area (Å²) in [6.07, 6.45) is 0.746. The van der Waals surface area contributed by atoms with E-state index in [-0.39, 0.29) is 16.8 Å². The Labute approximate surface area is 140 Å². The van der Waals surface area contributed by atoms with E-state index in [4.69, 9.17) is 0 Å². The van der Waals surface area contributed by atoms with Gasteiger partial charge in [0.05, 0.1) is 5.92 Å². The summed E-state index contributed by atoms with van der Waals surface area (Å²) in [6, 6.07) is 17.6. The third-order valence-corrected chi connectivity index (χ3v) is 5.42. The van der Waals surface area contributed by atoms with Crippen LogP contribution in [0.2, 0.25) is 0 Å². The van der Waals surface area contributed by atoms with E-state index in [1.165, 1.54) is 5.69 Å². The second kappa shape index (κ2) is 5.48. The van der Waals surface area contributed by atoms with E-state index < -0.39 is 6.04 Å². The molecule has 0 radical (unpaired) electrons. The number of hydrogen-bond acceptors (Lipinski definition) is 2. The summed E-state index contributed by atoms with van der Waals surface area (Å²) in [6.45, 7) is 2.00. The molecule has 24 heavy (non-hydrogen) atoms. The van der Waals surface area contributed by atoms with Crippen molar-refractivity contribution in [2.75, 3.05) is 0 Å². The average molecular weight is 320 g/mol. The first-order valence-electron chi connectivity index (χ1n) is 8.34. The van der Waals surface area contributed by atoms with Crippen LogP contribution in [0.1, 0.15) is 29.7 Å². The number of fused-ring (bicyclic) bond motifs is 3. The van der Waals surface area contributed by atoms with E-state index in [2.05, 4.69) is 23.7 Å². The number of para-hydroxylation sites is 1. The Balaban J connectivity index is 2.05. The number of hydrogen-bond donors (Lipinski definition) is 0. The zero-order valence-electron chi connectivity index (χ0n) is 13.8. The molecule has 0 N–H and O–H groups in total. The second-order valence-electron chi connectivity index (χ2n) is 6.78. The molecule has 0 amide bonds. The normalized spacial score (nSPS) is 23.2. The molecule has 0 unspecified atom stereocenters. The Kier molecular flexibility index (Phi) is 3.41. The number of aryl methyl sites for hydroxylation is 1. The highest BCUT2D eigenvalue weighted by molar-refractivity contribution is 5.87. The summed E-state index contributed by atoms with van der Waals surface area (Å²) >= 11 is 0. The largest absolute Gasteiger partial charge is 0.347 e. The van der Waals surface area contributed by atoms with Crippen molar-refractivity contribution in [3.8, 4) is 0 Å². The van der Waals surface area contributed by atoms with Crippen molar-refractivity contribution in [2.45, 2.75) is 25.3 Å². The van der Waals surface area contributed by atoms with Crippen molar-refractivity contribution in [3.63, 3.8) is 0 Å². The van der Waals surface area contributed by atoms with E-state index in [1.54, 1.807) is 0 Å². The quantitative estimate of drug-likeness (QED) is 0.526. The van der Waals surface area contributed by atoms with Crippen molar-refractivity contribution in [3.05, 3.63) is 81.5 Å². The fraction of sp³-hybridized carbons (Fsp3) is 0.300. The summed E-state index contributed by atoms with van der Waals surface area (Å²) < 4.78 is 2.22. The fourth-order valence-electron chi connectivity index (χ4n) is 4.35. The lowest BCUT2D eigenvalue weighted by atomic mass is 9.72. The molecular weight excluding hydrogens is 300 g/mol. The lowest BCUT2D eigenvalue weighted by molar-refractivity contribution is -0.535. The van der Waals surface area contributed by atoms with Crippen molar-refractivity contribution >= 4 is 10.9 Å². The molecule has 4 rings (SSSR count). The maximum absolute atomic E-state index is 11.9. The van der Waals surface area contributed by atoms with Crippen LogP contribution in [0.25, 0.3) is 10.9 Å². The van der Waals surface area contributed by atoms with Crippen LogP contribution in [-0.4, -0.2) is 15.5 Å². The van der Waals surface area contributed by atoms with Crippen LogP contribution in [0, 0.1) is 16.0 Å². The highest BCUT2D eigenvalue weighted by Gasteiger charge is 2.45. The van der Waals surface area contributed by atoms with Gasteiger partial charge in [0.2, 0.25) is 6.04 Å². The molecule has 1 aliphatic carbocycles. The molecule has 3 aromatic rings. The van der Waals surface area contributed by atoms with E-state index in [0.717, 1.165) is 28.5 Å². The van der Waals surface area contributed by atoms with Gasteiger partial charge in [0.25, 0.3) is 0 Å². The Morgan fingerprint density at radius 1 is 1.08 bits per heavy atom. The SMILES string of the molecule is C[C@H]1Cc2c(c3ccccc3n2C)[C@@H](c2ccccc2)[C@H]1[N+](=O)[O-]. The van der Waals surface area contributed by atoms with Crippen LogP contribution in [0.5, 0.6) is 0 Å². The fourth-order valence-corrected chi connectivity index (χ4v) is 4.35. The molecule has 0 fully saturated rings. The maximum Gasteiger partial charge on any atom is 0.226 e. The Bertz CT molecular complexity index is 914. The van der Waals surface area contributed by atoms with Crippen LogP contribution in [0.15, 0.2) is 54.6 Å². The Morgan fingerprint density at radius 3 is 2.46 bits per heavy atom. The minimum atomic E-state index is -0.592. The summed E-state index contributed by atoms with van der Waals surface area (Å²) in [7, 11) is 2.07. The zero-order valence-corrected chi connectivity index (χ0v) is 13.8. The van der Waals surface area contributed by atoms with Gasteiger partial charge in [-0.3, -0.25) is 10.1 Å². The van der Waals surface area contributed by atoms with Crippen LogP contribution in [-0.2, 0) is 13.5 Å². The van der Waals surface area contributed by atoms with Gasteiger partial charge in [-0.1, -0.05) is 55.5 Å². The summed E-state index contributed by atoms with van der Waals surface area (Å²) in [5.74, 6) is -0.202. The molecule has 0 saturated heterocycles. The van der Waals surface area contributed by atoms with E-state index in [0.29, 0.717) is 0 Å². The topological polar surface area (TPSA) is 48.1 Å². The first-order valence-corrected chi connectivity index (χ1v) is 8.34. The smallest absolute Gasteiger partial charge is 0.226 e. The summed E-state index contributed by atoms with van der Waals surface area (Å²) in [5, 5.41) is 13.0. The van der Waals surface area contributed by atoms with Gasteiger partial charge in [-0.25, -0.2) is 0 Å². The molecule has 1 aliphatic rings. The number of benzene rings is 2. The first-order chi connectivity index (χ1) is 11.6. The lowest BCUT2D eigenvalue weighted by Crippen LogP contribution is -2.39. The van der Waals surface area contributed by atoms with E-state index >= 15 is 0 Å².